The first-order chi connectivity index (χ1) is 6.24. The zero-order chi connectivity index (χ0) is 9.68. The van der Waals surface area contributed by atoms with Crippen LogP contribution in [-0.4, -0.2) is 36.3 Å². The molecule has 4 heteroatoms. The Hall–Kier alpha value is -1.32. The van der Waals surface area contributed by atoms with Crippen molar-refractivity contribution in [3.05, 3.63) is 12.7 Å². The third-order valence-corrected chi connectivity index (χ3v) is 2.06. The van der Waals surface area contributed by atoms with Crippen molar-refractivity contribution in [2.45, 2.75) is 12.8 Å². The Morgan fingerprint density at radius 1 is 1.38 bits per heavy atom. The standard InChI is InChI=1S/C9H14N2O2/c1-2-8(12)10-7-9(13)11-5-3-4-6-11/h2H,1,3-7H2,(H,10,12). The molecule has 1 aliphatic heterocycles. The zero-order valence-electron chi connectivity index (χ0n) is 7.58. The molecule has 0 unspecified atom stereocenters. The molecule has 0 atom stereocenters. The highest BCUT2D eigenvalue weighted by Gasteiger charge is 2.17. The fourth-order valence-electron chi connectivity index (χ4n) is 1.31. The molecule has 1 heterocycles. The van der Waals surface area contributed by atoms with Crippen molar-refractivity contribution >= 4 is 11.8 Å². The fraction of sp³-hybridized carbons (Fsp3) is 0.556. The largest absolute Gasteiger partial charge is 0.343 e. The monoisotopic (exact) mass is 182 g/mol. The lowest BCUT2D eigenvalue weighted by Crippen LogP contribution is -2.38. The number of amides is 2. The highest BCUT2D eigenvalue weighted by Crippen LogP contribution is 2.06. The Bertz CT molecular complexity index is 220. The van der Waals surface area contributed by atoms with Crippen LogP contribution in [0.1, 0.15) is 12.8 Å². The Morgan fingerprint density at radius 2 is 2.00 bits per heavy atom. The molecule has 0 saturated carbocycles. The third kappa shape index (κ3) is 2.89. The SMILES string of the molecule is C=CC(=O)NCC(=O)N1CCCC1. The van der Waals surface area contributed by atoms with E-state index in [-0.39, 0.29) is 18.4 Å². The summed E-state index contributed by atoms with van der Waals surface area (Å²) in [6, 6.07) is 0. The van der Waals surface area contributed by atoms with E-state index in [1.54, 1.807) is 4.90 Å². The van der Waals surface area contributed by atoms with Crippen molar-refractivity contribution in [3.8, 4) is 0 Å². The van der Waals surface area contributed by atoms with E-state index in [9.17, 15) is 9.59 Å². The number of carbonyl (C=O) groups is 2. The second-order valence-electron chi connectivity index (χ2n) is 3.01. The van der Waals surface area contributed by atoms with Gasteiger partial charge in [-0.1, -0.05) is 6.58 Å². The van der Waals surface area contributed by atoms with E-state index in [1.807, 2.05) is 0 Å². The molecular formula is C9H14N2O2. The van der Waals surface area contributed by atoms with Gasteiger partial charge in [-0.2, -0.15) is 0 Å². The molecule has 2 amide bonds. The second-order valence-corrected chi connectivity index (χ2v) is 3.01. The number of nitrogens with zero attached hydrogens (tertiary/aromatic N) is 1. The van der Waals surface area contributed by atoms with E-state index in [2.05, 4.69) is 11.9 Å². The van der Waals surface area contributed by atoms with Crippen molar-refractivity contribution in [2.24, 2.45) is 0 Å². The van der Waals surface area contributed by atoms with Crippen molar-refractivity contribution < 1.29 is 9.59 Å². The zero-order valence-corrected chi connectivity index (χ0v) is 7.58. The molecule has 0 bridgehead atoms. The van der Waals surface area contributed by atoms with Crippen LogP contribution in [-0.2, 0) is 9.59 Å². The van der Waals surface area contributed by atoms with Crippen LogP contribution in [0.2, 0.25) is 0 Å². The molecular weight excluding hydrogens is 168 g/mol. The minimum Gasteiger partial charge on any atom is -0.343 e. The number of rotatable bonds is 3. The molecule has 0 aliphatic carbocycles. The van der Waals surface area contributed by atoms with Crippen LogP contribution in [0.3, 0.4) is 0 Å². The number of likely N-dealkylation sites (tertiary alicyclic amines) is 1. The van der Waals surface area contributed by atoms with Crippen LogP contribution >= 0.6 is 0 Å². The molecule has 13 heavy (non-hydrogen) atoms. The summed E-state index contributed by atoms with van der Waals surface area (Å²) in [6.45, 7) is 5.03. The average molecular weight is 182 g/mol. The number of carbonyl (C=O) groups excluding carboxylic acids is 2. The molecule has 1 fully saturated rings. The molecule has 1 N–H and O–H groups in total. The maximum atomic E-state index is 11.3. The van der Waals surface area contributed by atoms with E-state index in [1.165, 1.54) is 0 Å². The molecule has 72 valence electrons. The van der Waals surface area contributed by atoms with Gasteiger partial charge in [-0.25, -0.2) is 0 Å². The van der Waals surface area contributed by atoms with Gasteiger partial charge in [0.1, 0.15) is 0 Å². The van der Waals surface area contributed by atoms with Crippen LogP contribution in [0.15, 0.2) is 12.7 Å². The Kier molecular flexibility index (Phi) is 3.49. The predicted octanol–water partition coefficient (Wildman–Crippen LogP) is -0.0890. The summed E-state index contributed by atoms with van der Waals surface area (Å²) in [5.41, 5.74) is 0. The van der Waals surface area contributed by atoms with Gasteiger partial charge in [0, 0.05) is 13.1 Å². The summed E-state index contributed by atoms with van der Waals surface area (Å²) in [7, 11) is 0. The molecule has 1 aliphatic rings. The normalized spacial score (nSPS) is 15.5. The van der Waals surface area contributed by atoms with Gasteiger partial charge in [0.25, 0.3) is 0 Å². The van der Waals surface area contributed by atoms with Crippen LogP contribution in [0, 0.1) is 0 Å². The smallest absolute Gasteiger partial charge is 0.243 e. The summed E-state index contributed by atoms with van der Waals surface area (Å²) >= 11 is 0. The lowest BCUT2D eigenvalue weighted by atomic mass is 10.4. The molecule has 0 aromatic heterocycles. The Labute approximate surface area is 77.6 Å². The highest BCUT2D eigenvalue weighted by atomic mass is 16.2. The molecule has 0 aromatic rings. The first-order valence-electron chi connectivity index (χ1n) is 4.42. The topological polar surface area (TPSA) is 49.4 Å². The van der Waals surface area contributed by atoms with E-state index < -0.39 is 0 Å². The minimum absolute atomic E-state index is 0.00676. The summed E-state index contributed by atoms with van der Waals surface area (Å²) in [4.78, 5) is 23.8. The second kappa shape index (κ2) is 4.64. The van der Waals surface area contributed by atoms with Crippen molar-refractivity contribution in [2.75, 3.05) is 19.6 Å². The van der Waals surface area contributed by atoms with E-state index in [0.717, 1.165) is 32.0 Å². The van der Waals surface area contributed by atoms with Crippen molar-refractivity contribution in [1.82, 2.24) is 10.2 Å². The highest BCUT2D eigenvalue weighted by molar-refractivity contribution is 5.90. The molecule has 4 nitrogen and oxygen atoms in total. The molecule has 0 aromatic carbocycles. The van der Waals surface area contributed by atoms with Gasteiger partial charge in [-0.05, 0) is 18.9 Å². The molecule has 0 spiro atoms. The molecule has 1 saturated heterocycles. The minimum atomic E-state index is -0.299. The van der Waals surface area contributed by atoms with Gasteiger partial charge >= 0.3 is 0 Å². The molecule has 0 radical (unpaired) electrons. The van der Waals surface area contributed by atoms with E-state index >= 15 is 0 Å². The van der Waals surface area contributed by atoms with Crippen LogP contribution in [0.4, 0.5) is 0 Å². The van der Waals surface area contributed by atoms with E-state index in [0.29, 0.717) is 0 Å². The number of hydrogen-bond donors (Lipinski definition) is 1. The fourth-order valence-corrected chi connectivity index (χ4v) is 1.31. The summed E-state index contributed by atoms with van der Waals surface area (Å²) in [5.74, 6) is -0.305. The Morgan fingerprint density at radius 3 is 2.54 bits per heavy atom. The first kappa shape index (κ1) is 9.77. The first-order valence-corrected chi connectivity index (χ1v) is 4.42. The Balaban J connectivity index is 2.24. The van der Waals surface area contributed by atoms with Gasteiger partial charge in [-0.15, -0.1) is 0 Å². The maximum Gasteiger partial charge on any atom is 0.243 e. The van der Waals surface area contributed by atoms with Gasteiger partial charge in [0.05, 0.1) is 6.54 Å². The van der Waals surface area contributed by atoms with Crippen LogP contribution in [0.25, 0.3) is 0 Å². The lowest BCUT2D eigenvalue weighted by molar-refractivity contribution is -0.131. The average Bonchev–Trinajstić information content (AvgIpc) is 2.66. The summed E-state index contributed by atoms with van der Waals surface area (Å²) in [6.07, 6.45) is 3.31. The summed E-state index contributed by atoms with van der Waals surface area (Å²) < 4.78 is 0. The van der Waals surface area contributed by atoms with E-state index in [4.69, 9.17) is 0 Å². The van der Waals surface area contributed by atoms with Crippen LogP contribution < -0.4 is 5.32 Å². The van der Waals surface area contributed by atoms with Crippen LogP contribution in [0.5, 0.6) is 0 Å². The van der Waals surface area contributed by atoms with Gasteiger partial charge < -0.3 is 10.2 Å². The van der Waals surface area contributed by atoms with Crippen molar-refractivity contribution in [1.29, 1.82) is 0 Å². The third-order valence-electron chi connectivity index (χ3n) is 2.06. The maximum absolute atomic E-state index is 11.3. The number of nitrogens with one attached hydrogen (secondary N) is 1. The van der Waals surface area contributed by atoms with Gasteiger partial charge in [0.2, 0.25) is 11.8 Å². The van der Waals surface area contributed by atoms with Gasteiger partial charge in [-0.3, -0.25) is 9.59 Å². The summed E-state index contributed by atoms with van der Waals surface area (Å²) in [5, 5.41) is 2.46. The van der Waals surface area contributed by atoms with Crippen molar-refractivity contribution in [3.63, 3.8) is 0 Å². The quantitative estimate of drug-likeness (QED) is 0.620. The lowest BCUT2D eigenvalue weighted by Gasteiger charge is -2.14. The molecule has 1 rings (SSSR count). The number of hydrogen-bond acceptors (Lipinski definition) is 2. The van der Waals surface area contributed by atoms with Gasteiger partial charge in [0.15, 0.2) is 0 Å². The predicted molar refractivity (Wildman–Crippen MR) is 49.0 cm³/mol.